The zero-order valence-electron chi connectivity index (χ0n) is 8.00. The molecule has 0 fully saturated rings. The summed E-state index contributed by atoms with van der Waals surface area (Å²) in [6.07, 6.45) is 3.05. The molecule has 0 saturated heterocycles. The highest BCUT2D eigenvalue weighted by molar-refractivity contribution is 5.97. The first-order chi connectivity index (χ1) is 7.31. The number of aromatic nitrogens is 3. The van der Waals surface area contributed by atoms with Gasteiger partial charge in [0.2, 0.25) is 0 Å². The number of Topliss-reactive ketones (excluding diaryl/α,β-unsaturated/α-hetero) is 1. The molecule has 1 aromatic carbocycles. The molecule has 0 aliphatic carbocycles. The van der Waals surface area contributed by atoms with Gasteiger partial charge in [-0.25, -0.2) is 9.67 Å². The van der Waals surface area contributed by atoms with Crippen LogP contribution in [-0.4, -0.2) is 27.1 Å². The Morgan fingerprint density at radius 2 is 2.07 bits per heavy atom. The SMILES string of the molecule is NCC(=O)c1ccc(-n2cncn2)cc1. The molecule has 0 aliphatic heterocycles. The minimum atomic E-state index is -0.0693. The van der Waals surface area contributed by atoms with Crippen LogP contribution in [0.2, 0.25) is 0 Å². The molecule has 2 rings (SSSR count). The molecule has 0 spiro atoms. The quantitative estimate of drug-likeness (QED) is 0.731. The van der Waals surface area contributed by atoms with E-state index in [4.69, 9.17) is 5.73 Å². The summed E-state index contributed by atoms with van der Waals surface area (Å²) < 4.78 is 1.62. The van der Waals surface area contributed by atoms with Gasteiger partial charge >= 0.3 is 0 Å². The van der Waals surface area contributed by atoms with Crippen molar-refractivity contribution in [1.82, 2.24) is 14.8 Å². The normalized spacial score (nSPS) is 10.2. The lowest BCUT2D eigenvalue weighted by Crippen LogP contribution is -2.13. The molecule has 0 amide bonds. The highest BCUT2D eigenvalue weighted by Gasteiger charge is 2.03. The maximum Gasteiger partial charge on any atom is 0.176 e. The van der Waals surface area contributed by atoms with Gasteiger partial charge in [0.25, 0.3) is 0 Å². The van der Waals surface area contributed by atoms with Crippen molar-refractivity contribution in [3.8, 4) is 5.69 Å². The van der Waals surface area contributed by atoms with Crippen molar-refractivity contribution in [1.29, 1.82) is 0 Å². The minimum Gasteiger partial charge on any atom is -0.324 e. The lowest BCUT2D eigenvalue weighted by molar-refractivity contribution is 0.100. The van der Waals surface area contributed by atoms with Gasteiger partial charge in [-0.1, -0.05) is 0 Å². The average Bonchev–Trinajstić information content (AvgIpc) is 2.82. The molecule has 5 nitrogen and oxygen atoms in total. The summed E-state index contributed by atoms with van der Waals surface area (Å²) in [5, 5.41) is 3.98. The van der Waals surface area contributed by atoms with Crippen LogP contribution >= 0.6 is 0 Å². The fourth-order valence-corrected chi connectivity index (χ4v) is 1.26. The summed E-state index contributed by atoms with van der Waals surface area (Å²) in [6.45, 7) is 0.0304. The van der Waals surface area contributed by atoms with Crippen molar-refractivity contribution in [2.45, 2.75) is 0 Å². The Labute approximate surface area is 86.5 Å². The topological polar surface area (TPSA) is 73.8 Å². The first kappa shape index (κ1) is 9.54. The van der Waals surface area contributed by atoms with E-state index in [0.29, 0.717) is 5.56 Å². The largest absolute Gasteiger partial charge is 0.324 e. The molecule has 2 N–H and O–H groups in total. The summed E-state index contributed by atoms with van der Waals surface area (Å²) in [7, 11) is 0. The summed E-state index contributed by atoms with van der Waals surface area (Å²) in [5.74, 6) is -0.0693. The van der Waals surface area contributed by atoms with E-state index in [2.05, 4.69) is 10.1 Å². The predicted octanol–water partition coefficient (Wildman–Crippen LogP) is 0.409. The Morgan fingerprint density at radius 1 is 1.33 bits per heavy atom. The van der Waals surface area contributed by atoms with Crippen molar-refractivity contribution >= 4 is 5.78 Å². The van der Waals surface area contributed by atoms with E-state index >= 15 is 0 Å². The minimum absolute atomic E-state index is 0.0304. The van der Waals surface area contributed by atoms with Crippen LogP contribution in [0.15, 0.2) is 36.9 Å². The monoisotopic (exact) mass is 202 g/mol. The molecular weight excluding hydrogens is 192 g/mol. The highest BCUT2D eigenvalue weighted by Crippen LogP contribution is 2.08. The molecule has 0 unspecified atom stereocenters. The van der Waals surface area contributed by atoms with Crippen LogP contribution in [-0.2, 0) is 0 Å². The van der Waals surface area contributed by atoms with E-state index in [-0.39, 0.29) is 12.3 Å². The van der Waals surface area contributed by atoms with E-state index in [1.165, 1.54) is 6.33 Å². The molecule has 15 heavy (non-hydrogen) atoms. The second kappa shape index (κ2) is 4.02. The fourth-order valence-electron chi connectivity index (χ4n) is 1.26. The number of hydrogen-bond donors (Lipinski definition) is 1. The Kier molecular flexibility index (Phi) is 2.55. The Hall–Kier alpha value is -2.01. The Bertz CT molecular complexity index is 447. The van der Waals surface area contributed by atoms with E-state index in [0.717, 1.165) is 5.69 Å². The third kappa shape index (κ3) is 1.92. The van der Waals surface area contributed by atoms with E-state index in [1.54, 1.807) is 35.3 Å². The van der Waals surface area contributed by atoms with Crippen LogP contribution in [0, 0.1) is 0 Å². The zero-order valence-corrected chi connectivity index (χ0v) is 8.00. The molecule has 1 aromatic heterocycles. The molecule has 0 radical (unpaired) electrons. The Balaban J connectivity index is 2.29. The second-order valence-corrected chi connectivity index (χ2v) is 3.01. The van der Waals surface area contributed by atoms with Gasteiger partial charge in [-0.05, 0) is 24.3 Å². The lowest BCUT2D eigenvalue weighted by atomic mass is 10.1. The maximum atomic E-state index is 11.3. The van der Waals surface area contributed by atoms with Gasteiger partial charge in [-0.3, -0.25) is 4.79 Å². The molecule has 0 saturated carbocycles. The molecule has 0 bridgehead atoms. The Morgan fingerprint density at radius 3 is 2.60 bits per heavy atom. The van der Waals surface area contributed by atoms with Crippen molar-refractivity contribution in [3.63, 3.8) is 0 Å². The second-order valence-electron chi connectivity index (χ2n) is 3.01. The van der Waals surface area contributed by atoms with Gasteiger partial charge in [0.05, 0.1) is 12.2 Å². The van der Waals surface area contributed by atoms with Crippen molar-refractivity contribution in [2.75, 3.05) is 6.54 Å². The van der Waals surface area contributed by atoms with Crippen molar-refractivity contribution in [2.24, 2.45) is 5.73 Å². The standard InChI is InChI=1S/C10H10N4O/c11-5-10(15)8-1-3-9(4-2-8)14-7-12-6-13-14/h1-4,6-7H,5,11H2. The van der Waals surface area contributed by atoms with Crippen LogP contribution < -0.4 is 5.73 Å². The smallest absolute Gasteiger partial charge is 0.176 e. The lowest BCUT2D eigenvalue weighted by Gasteiger charge is -2.01. The van der Waals surface area contributed by atoms with E-state index < -0.39 is 0 Å². The number of carbonyl (C=O) groups is 1. The third-order valence-electron chi connectivity index (χ3n) is 2.06. The molecule has 0 atom stereocenters. The van der Waals surface area contributed by atoms with Crippen LogP contribution in [0.1, 0.15) is 10.4 Å². The van der Waals surface area contributed by atoms with Gasteiger partial charge in [0.15, 0.2) is 5.78 Å². The molecule has 76 valence electrons. The van der Waals surface area contributed by atoms with Gasteiger partial charge in [0.1, 0.15) is 12.7 Å². The molecule has 0 aliphatic rings. The average molecular weight is 202 g/mol. The number of benzene rings is 1. The highest BCUT2D eigenvalue weighted by atomic mass is 16.1. The maximum absolute atomic E-state index is 11.3. The summed E-state index contributed by atoms with van der Waals surface area (Å²) in [4.78, 5) is 15.1. The first-order valence-electron chi connectivity index (χ1n) is 4.49. The first-order valence-corrected chi connectivity index (χ1v) is 4.49. The number of carbonyl (C=O) groups excluding carboxylic acids is 1. The van der Waals surface area contributed by atoms with E-state index in [1.807, 2.05) is 0 Å². The molecule has 5 heteroatoms. The van der Waals surface area contributed by atoms with Gasteiger partial charge in [0, 0.05) is 5.56 Å². The fraction of sp³-hybridized carbons (Fsp3) is 0.100. The van der Waals surface area contributed by atoms with Crippen LogP contribution in [0.4, 0.5) is 0 Å². The van der Waals surface area contributed by atoms with Crippen LogP contribution in [0.25, 0.3) is 5.69 Å². The van der Waals surface area contributed by atoms with Crippen LogP contribution in [0.5, 0.6) is 0 Å². The molecule has 1 heterocycles. The summed E-state index contributed by atoms with van der Waals surface area (Å²) >= 11 is 0. The molecule has 2 aromatic rings. The van der Waals surface area contributed by atoms with E-state index in [9.17, 15) is 4.79 Å². The number of nitrogens with zero attached hydrogens (tertiary/aromatic N) is 3. The zero-order chi connectivity index (χ0) is 10.7. The van der Waals surface area contributed by atoms with Gasteiger partial charge < -0.3 is 5.73 Å². The number of ketones is 1. The number of hydrogen-bond acceptors (Lipinski definition) is 4. The predicted molar refractivity (Wildman–Crippen MR) is 54.7 cm³/mol. The number of rotatable bonds is 3. The summed E-state index contributed by atoms with van der Waals surface area (Å²) in [6, 6.07) is 7.06. The van der Waals surface area contributed by atoms with Crippen molar-refractivity contribution in [3.05, 3.63) is 42.5 Å². The van der Waals surface area contributed by atoms with Crippen molar-refractivity contribution < 1.29 is 4.79 Å². The molecular formula is C10H10N4O. The van der Waals surface area contributed by atoms with Gasteiger partial charge in [-0.2, -0.15) is 5.10 Å². The third-order valence-corrected chi connectivity index (χ3v) is 2.06. The van der Waals surface area contributed by atoms with Crippen LogP contribution in [0.3, 0.4) is 0 Å². The summed E-state index contributed by atoms with van der Waals surface area (Å²) in [5.41, 5.74) is 6.73. The van der Waals surface area contributed by atoms with Gasteiger partial charge in [-0.15, -0.1) is 0 Å². The number of nitrogens with two attached hydrogens (primary N) is 1.